The van der Waals surface area contributed by atoms with Gasteiger partial charge in [0.25, 0.3) is 0 Å². The molecule has 0 rings (SSSR count). The van der Waals surface area contributed by atoms with Gasteiger partial charge in [-0.3, -0.25) is 0 Å². The lowest BCUT2D eigenvalue weighted by molar-refractivity contribution is 0.0816. The summed E-state index contributed by atoms with van der Waals surface area (Å²) in [7, 11) is 1.18. The molecule has 0 N–H and O–H groups in total. The van der Waals surface area contributed by atoms with Crippen molar-refractivity contribution in [1.82, 2.24) is 0 Å². The maximum Gasteiger partial charge on any atom is 0.508 e. The lowest BCUT2D eigenvalue weighted by atomic mass is 10.7. The van der Waals surface area contributed by atoms with Crippen molar-refractivity contribution >= 4 is 6.16 Å². The van der Waals surface area contributed by atoms with Crippen LogP contribution in [0.4, 0.5) is 9.18 Å². The molecule has 0 unspecified atom stereocenters. The minimum atomic E-state index is -0.812. The highest BCUT2D eigenvalue weighted by atomic mass is 19.1. The van der Waals surface area contributed by atoms with Crippen molar-refractivity contribution in [2.24, 2.45) is 0 Å². The van der Waals surface area contributed by atoms with E-state index in [0.29, 0.717) is 6.33 Å². The molecule has 0 aromatic rings. The summed E-state index contributed by atoms with van der Waals surface area (Å²) in [4.78, 5) is 10.1. The minimum Gasteiger partial charge on any atom is -0.438 e. The van der Waals surface area contributed by atoms with Gasteiger partial charge in [-0.2, -0.15) is 0 Å². The van der Waals surface area contributed by atoms with Gasteiger partial charge in [0.1, 0.15) is 6.61 Å². The first-order valence-corrected chi connectivity index (χ1v) is 2.27. The summed E-state index contributed by atoms with van der Waals surface area (Å²) in [6.07, 6.45) is 0.535. The van der Waals surface area contributed by atoms with Gasteiger partial charge in [-0.05, 0) is 6.08 Å². The van der Waals surface area contributed by atoms with Gasteiger partial charge in [0.2, 0.25) is 0 Å². The molecule has 0 spiro atoms. The van der Waals surface area contributed by atoms with Crippen molar-refractivity contribution < 1.29 is 18.7 Å². The van der Waals surface area contributed by atoms with Crippen LogP contribution in [0.1, 0.15) is 0 Å². The molecule has 52 valence electrons. The molecule has 0 saturated carbocycles. The molecule has 3 nitrogen and oxygen atoms in total. The van der Waals surface area contributed by atoms with Crippen molar-refractivity contribution in [3.05, 3.63) is 12.4 Å². The van der Waals surface area contributed by atoms with Gasteiger partial charge in [0.05, 0.1) is 13.4 Å². The normalized spacial score (nSPS) is 9.56. The van der Waals surface area contributed by atoms with Crippen molar-refractivity contribution in [2.75, 3.05) is 13.7 Å². The Balaban J connectivity index is 3.17. The lowest BCUT2D eigenvalue weighted by Gasteiger charge is -1.95. The van der Waals surface area contributed by atoms with Crippen LogP contribution < -0.4 is 0 Å². The van der Waals surface area contributed by atoms with E-state index in [1.165, 1.54) is 7.11 Å². The van der Waals surface area contributed by atoms with E-state index in [-0.39, 0.29) is 6.61 Å². The van der Waals surface area contributed by atoms with Crippen LogP contribution in [0, 0.1) is 0 Å². The summed E-state index contributed by atoms with van der Waals surface area (Å²) < 4.78 is 19.5. The van der Waals surface area contributed by atoms with Gasteiger partial charge in [0, 0.05) is 0 Å². The van der Waals surface area contributed by atoms with Crippen LogP contribution in [0.25, 0.3) is 0 Å². The molecule has 9 heavy (non-hydrogen) atoms. The van der Waals surface area contributed by atoms with Crippen LogP contribution >= 0.6 is 0 Å². The summed E-state index contributed by atoms with van der Waals surface area (Å²) in [5, 5.41) is 0. The SMILES string of the molecule is COC(=O)OC/C=C/F. The first-order valence-electron chi connectivity index (χ1n) is 2.27. The average molecular weight is 134 g/mol. The van der Waals surface area contributed by atoms with Crippen LogP contribution in [0.5, 0.6) is 0 Å². The number of hydrogen-bond donors (Lipinski definition) is 0. The Bertz CT molecular complexity index is 111. The van der Waals surface area contributed by atoms with E-state index in [0.717, 1.165) is 6.08 Å². The number of carbonyl (C=O) groups excluding carboxylic acids is 1. The summed E-state index contributed by atoms with van der Waals surface area (Å²) >= 11 is 0. The van der Waals surface area contributed by atoms with Crippen LogP contribution in [-0.4, -0.2) is 19.9 Å². The van der Waals surface area contributed by atoms with Crippen LogP contribution in [0.3, 0.4) is 0 Å². The molecule has 0 radical (unpaired) electrons. The number of carbonyl (C=O) groups is 1. The Morgan fingerprint density at radius 1 is 1.78 bits per heavy atom. The molecular formula is C5H7FO3. The quantitative estimate of drug-likeness (QED) is 0.533. The van der Waals surface area contributed by atoms with Crippen molar-refractivity contribution in [3.8, 4) is 0 Å². The van der Waals surface area contributed by atoms with Crippen molar-refractivity contribution in [2.45, 2.75) is 0 Å². The highest BCUT2D eigenvalue weighted by Crippen LogP contribution is 1.82. The van der Waals surface area contributed by atoms with Gasteiger partial charge >= 0.3 is 6.16 Å². The molecule has 0 fully saturated rings. The fraction of sp³-hybridized carbons (Fsp3) is 0.400. The second-order valence-electron chi connectivity index (χ2n) is 1.13. The lowest BCUT2D eigenvalue weighted by Crippen LogP contribution is -2.03. The maximum absolute atomic E-state index is 11.1. The summed E-state index contributed by atoms with van der Waals surface area (Å²) in [6, 6.07) is 0. The number of halogens is 1. The molecule has 0 aromatic heterocycles. The van der Waals surface area contributed by atoms with Gasteiger partial charge < -0.3 is 9.47 Å². The summed E-state index contributed by atoms with van der Waals surface area (Å²) in [6.45, 7) is -0.0941. The van der Waals surface area contributed by atoms with Gasteiger partial charge in [-0.25, -0.2) is 9.18 Å². The van der Waals surface area contributed by atoms with Crippen LogP contribution in [0.15, 0.2) is 12.4 Å². The fourth-order valence-corrected chi connectivity index (χ4v) is 0.211. The van der Waals surface area contributed by atoms with E-state index >= 15 is 0 Å². The first-order chi connectivity index (χ1) is 4.31. The molecule has 0 saturated heterocycles. The number of ether oxygens (including phenoxy) is 2. The van der Waals surface area contributed by atoms with E-state index in [2.05, 4.69) is 9.47 Å². The topological polar surface area (TPSA) is 35.5 Å². The largest absolute Gasteiger partial charge is 0.508 e. The smallest absolute Gasteiger partial charge is 0.438 e. The maximum atomic E-state index is 11.1. The van der Waals surface area contributed by atoms with Crippen molar-refractivity contribution in [3.63, 3.8) is 0 Å². The van der Waals surface area contributed by atoms with E-state index in [4.69, 9.17) is 0 Å². The first kappa shape index (κ1) is 7.94. The molecule has 4 heteroatoms. The molecule has 0 bridgehead atoms. The molecule has 0 aliphatic heterocycles. The van der Waals surface area contributed by atoms with E-state index in [9.17, 15) is 9.18 Å². The number of rotatable bonds is 2. The van der Waals surface area contributed by atoms with Crippen molar-refractivity contribution in [1.29, 1.82) is 0 Å². The number of hydrogen-bond acceptors (Lipinski definition) is 3. The zero-order chi connectivity index (χ0) is 7.11. The highest BCUT2D eigenvalue weighted by molar-refractivity contribution is 5.59. The zero-order valence-corrected chi connectivity index (χ0v) is 4.96. The second kappa shape index (κ2) is 5.08. The van der Waals surface area contributed by atoms with Gasteiger partial charge in [-0.15, -0.1) is 0 Å². The monoisotopic (exact) mass is 134 g/mol. The standard InChI is InChI=1S/C5H7FO3/c1-8-5(7)9-4-2-3-6/h2-3H,4H2,1H3/b3-2+. The Labute approximate surface area is 52.1 Å². The van der Waals surface area contributed by atoms with E-state index < -0.39 is 6.16 Å². The Morgan fingerprint density at radius 2 is 2.44 bits per heavy atom. The Kier molecular flexibility index (Phi) is 4.49. The van der Waals surface area contributed by atoms with E-state index in [1.807, 2.05) is 0 Å². The Hall–Kier alpha value is -1.06. The molecule has 0 heterocycles. The molecule has 0 aliphatic carbocycles. The second-order valence-corrected chi connectivity index (χ2v) is 1.13. The predicted molar refractivity (Wildman–Crippen MR) is 28.6 cm³/mol. The molecule has 0 aromatic carbocycles. The van der Waals surface area contributed by atoms with Gasteiger partial charge in [0.15, 0.2) is 0 Å². The van der Waals surface area contributed by atoms with E-state index in [1.54, 1.807) is 0 Å². The molecule has 0 amide bonds. The summed E-state index contributed by atoms with van der Waals surface area (Å²) in [5.74, 6) is 0. The highest BCUT2D eigenvalue weighted by Gasteiger charge is 1.94. The Morgan fingerprint density at radius 3 is 2.89 bits per heavy atom. The predicted octanol–water partition coefficient (Wildman–Crippen LogP) is 1.25. The number of methoxy groups -OCH3 is 1. The zero-order valence-electron chi connectivity index (χ0n) is 4.96. The molecular weight excluding hydrogens is 127 g/mol. The summed E-state index contributed by atoms with van der Waals surface area (Å²) in [5.41, 5.74) is 0. The van der Waals surface area contributed by atoms with Crippen LogP contribution in [-0.2, 0) is 9.47 Å². The molecule has 0 aliphatic rings. The van der Waals surface area contributed by atoms with Gasteiger partial charge in [-0.1, -0.05) is 0 Å². The minimum absolute atomic E-state index is 0.0941. The van der Waals surface area contributed by atoms with Crippen LogP contribution in [0.2, 0.25) is 0 Å². The third kappa shape index (κ3) is 4.80. The fourth-order valence-electron chi connectivity index (χ4n) is 0.211. The molecule has 0 atom stereocenters. The third-order valence-corrected chi connectivity index (χ3v) is 0.553. The average Bonchev–Trinajstić information content (AvgIpc) is 1.89. The third-order valence-electron chi connectivity index (χ3n) is 0.553.